The number of thiophene rings is 1. The maximum atomic E-state index is 13.6. The van der Waals surface area contributed by atoms with E-state index in [1.807, 2.05) is 36.6 Å². The van der Waals surface area contributed by atoms with Gasteiger partial charge in [0.05, 0.1) is 24.5 Å². The quantitative estimate of drug-likeness (QED) is 0.244. The van der Waals surface area contributed by atoms with E-state index in [-0.39, 0.29) is 35.5 Å². The fourth-order valence-corrected chi connectivity index (χ4v) is 7.30. The largest absolute Gasteiger partial charge is 0.507 e. The van der Waals surface area contributed by atoms with Crippen LogP contribution in [0.25, 0.3) is 6.08 Å². The van der Waals surface area contributed by atoms with Crippen LogP contribution in [-0.4, -0.2) is 40.1 Å². The molecule has 1 aliphatic carbocycles. The first-order chi connectivity index (χ1) is 17.8. The molecule has 9 heteroatoms. The lowest BCUT2D eigenvalue weighted by Crippen LogP contribution is -2.46. The maximum absolute atomic E-state index is 13.6. The summed E-state index contributed by atoms with van der Waals surface area (Å²) in [5.41, 5.74) is 4.11. The van der Waals surface area contributed by atoms with Gasteiger partial charge in [0.1, 0.15) is 5.75 Å². The normalized spacial score (nSPS) is 26.1. The Morgan fingerprint density at radius 1 is 1.27 bits per heavy atom. The van der Waals surface area contributed by atoms with Gasteiger partial charge < -0.3 is 14.8 Å². The number of likely N-dealkylation sites (tertiary alicyclic amines) is 1. The number of amides is 2. The number of benzene rings is 1. The SMILES string of the molecule is CC/C(=C\c1cc(Br)ccc1O)CC[C@H]1OB(O)C[C@H]2C1=C(C)C[C@H]1C(=O)N(Cc3cccs3)C(=O)[C@H]12. The Hall–Kier alpha value is -2.20. The summed E-state index contributed by atoms with van der Waals surface area (Å²) in [6.07, 6.45) is 4.80. The van der Waals surface area contributed by atoms with Gasteiger partial charge in [-0.15, -0.1) is 11.3 Å². The molecule has 2 aromatic rings. The van der Waals surface area contributed by atoms with E-state index in [9.17, 15) is 19.7 Å². The molecule has 2 N–H and O–H groups in total. The zero-order valence-electron chi connectivity index (χ0n) is 21.0. The zero-order valence-corrected chi connectivity index (χ0v) is 23.4. The van der Waals surface area contributed by atoms with Gasteiger partial charge in [-0.1, -0.05) is 46.1 Å². The molecule has 3 heterocycles. The van der Waals surface area contributed by atoms with Crippen LogP contribution in [-0.2, 0) is 20.8 Å². The first-order valence-electron chi connectivity index (χ1n) is 12.9. The van der Waals surface area contributed by atoms with Crippen molar-refractivity contribution >= 4 is 52.3 Å². The highest BCUT2D eigenvalue weighted by molar-refractivity contribution is 9.10. The Balaban J connectivity index is 1.37. The third kappa shape index (κ3) is 5.24. The second kappa shape index (κ2) is 10.9. The van der Waals surface area contributed by atoms with E-state index in [2.05, 4.69) is 22.9 Å². The summed E-state index contributed by atoms with van der Waals surface area (Å²) in [6.45, 7) is 4.45. The summed E-state index contributed by atoms with van der Waals surface area (Å²) in [4.78, 5) is 29.3. The summed E-state index contributed by atoms with van der Waals surface area (Å²) in [6, 6.07) is 9.24. The second-order valence-corrected chi connectivity index (χ2v) is 12.2. The summed E-state index contributed by atoms with van der Waals surface area (Å²) in [5.74, 6) is -0.980. The minimum atomic E-state index is -0.970. The van der Waals surface area contributed by atoms with Gasteiger partial charge in [-0.2, -0.15) is 0 Å². The molecule has 2 aliphatic heterocycles. The molecule has 0 unspecified atom stereocenters. The molecule has 0 saturated carbocycles. The fraction of sp³-hybridized carbons (Fsp3) is 0.429. The molecule has 3 aliphatic rings. The third-order valence-electron chi connectivity index (χ3n) is 7.97. The van der Waals surface area contributed by atoms with Crippen molar-refractivity contribution in [2.24, 2.45) is 17.8 Å². The van der Waals surface area contributed by atoms with Gasteiger partial charge in [0, 0.05) is 14.9 Å². The fourth-order valence-electron chi connectivity index (χ4n) is 6.23. The molecular formula is C28H31BBrNO5S. The van der Waals surface area contributed by atoms with Crippen molar-refractivity contribution in [2.45, 2.75) is 58.5 Å². The lowest BCUT2D eigenvalue weighted by Gasteiger charge is -2.42. The Kier molecular flexibility index (Phi) is 7.77. The molecule has 37 heavy (non-hydrogen) atoms. The Labute approximate surface area is 230 Å². The summed E-state index contributed by atoms with van der Waals surface area (Å²) in [7, 11) is -0.970. The van der Waals surface area contributed by atoms with Crippen molar-refractivity contribution in [1.29, 1.82) is 0 Å². The number of phenolic OH excluding ortho intramolecular Hbond substituents is 1. The number of nitrogens with zero attached hydrogens (tertiary/aromatic N) is 1. The molecule has 0 bridgehead atoms. The topological polar surface area (TPSA) is 87.1 Å². The molecule has 2 saturated heterocycles. The van der Waals surface area contributed by atoms with Gasteiger partial charge in [-0.25, -0.2) is 0 Å². The van der Waals surface area contributed by atoms with Gasteiger partial charge in [-0.05, 0) is 80.1 Å². The first kappa shape index (κ1) is 26.4. The van der Waals surface area contributed by atoms with E-state index >= 15 is 0 Å². The van der Waals surface area contributed by atoms with Crippen LogP contribution in [0.4, 0.5) is 0 Å². The van der Waals surface area contributed by atoms with Crippen LogP contribution >= 0.6 is 27.3 Å². The molecule has 194 valence electrons. The van der Waals surface area contributed by atoms with Crippen LogP contribution in [0.1, 0.15) is 50.0 Å². The molecule has 2 fully saturated rings. The Bertz CT molecular complexity index is 1260. The number of allylic oxidation sites excluding steroid dienone is 2. The molecule has 6 nitrogen and oxygen atoms in total. The summed E-state index contributed by atoms with van der Waals surface area (Å²) >= 11 is 5.01. The lowest BCUT2D eigenvalue weighted by atomic mass is 9.59. The average molecular weight is 584 g/mol. The number of imide groups is 1. The molecule has 5 rings (SSSR count). The predicted octanol–water partition coefficient (Wildman–Crippen LogP) is 5.81. The van der Waals surface area contributed by atoms with Crippen LogP contribution in [0.15, 0.2) is 56.9 Å². The average Bonchev–Trinajstić information content (AvgIpc) is 3.46. The number of aromatic hydroxyl groups is 1. The van der Waals surface area contributed by atoms with Gasteiger partial charge >= 0.3 is 7.12 Å². The number of carbonyl (C=O) groups excluding carboxylic acids is 2. The van der Waals surface area contributed by atoms with E-state index in [4.69, 9.17) is 4.65 Å². The molecule has 4 atom stereocenters. The van der Waals surface area contributed by atoms with E-state index in [1.54, 1.807) is 23.5 Å². The van der Waals surface area contributed by atoms with Crippen LogP contribution in [0.2, 0.25) is 6.32 Å². The summed E-state index contributed by atoms with van der Waals surface area (Å²) in [5, 5.41) is 22.9. The molecule has 1 aromatic carbocycles. The zero-order chi connectivity index (χ0) is 26.3. The molecule has 0 spiro atoms. The predicted molar refractivity (Wildman–Crippen MR) is 149 cm³/mol. The van der Waals surface area contributed by atoms with Crippen LogP contribution in [0, 0.1) is 17.8 Å². The Morgan fingerprint density at radius 2 is 2.08 bits per heavy atom. The number of hydrogen-bond donors (Lipinski definition) is 2. The van der Waals surface area contributed by atoms with E-state index in [1.165, 1.54) is 4.90 Å². The van der Waals surface area contributed by atoms with Crippen molar-refractivity contribution in [2.75, 3.05) is 0 Å². The number of carbonyl (C=O) groups is 2. The standard InChI is InChI=1S/C28H31BBrNO5S/c1-3-17(12-18-13-19(30)7-8-23(18)32)6-9-24-25-16(2)11-21-26(22(25)14-29(35)36-24)28(34)31(27(21)33)15-20-5-4-10-37-20/h4-5,7-8,10,12-13,21-22,24,26,32,35H,3,6,9,11,14-15H2,1-2H3/b17-12+/t21-,22+,24-,26-/m1/s1. The van der Waals surface area contributed by atoms with Gasteiger partial charge in [0.2, 0.25) is 11.8 Å². The molecule has 0 radical (unpaired) electrons. The monoisotopic (exact) mass is 583 g/mol. The smallest absolute Gasteiger partial charge is 0.455 e. The number of hydrogen-bond acceptors (Lipinski definition) is 6. The highest BCUT2D eigenvalue weighted by Crippen LogP contribution is 2.50. The minimum absolute atomic E-state index is 0.0932. The van der Waals surface area contributed by atoms with E-state index in [0.717, 1.165) is 44.5 Å². The lowest BCUT2D eigenvalue weighted by molar-refractivity contribution is -0.140. The van der Waals surface area contributed by atoms with Crippen molar-refractivity contribution < 1.29 is 24.4 Å². The van der Waals surface area contributed by atoms with Crippen molar-refractivity contribution in [3.8, 4) is 5.75 Å². The highest BCUT2D eigenvalue weighted by Gasteiger charge is 2.56. The van der Waals surface area contributed by atoms with Crippen LogP contribution in [0.3, 0.4) is 0 Å². The summed E-state index contributed by atoms with van der Waals surface area (Å²) < 4.78 is 6.94. The molecular weight excluding hydrogens is 553 g/mol. The highest BCUT2D eigenvalue weighted by atomic mass is 79.9. The van der Waals surface area contributed by atoms with Crippen LogP contribution in [0.5, 0.6) is 5.75 Å². The number of phenols is 1. The van der Waals surface area contributed by atoms with Gasteiger partial charge in [0.25, 0.3) is 0 Å². The van der Waals surface area contributed by atoms with Crippen molar-refractivity contribution in [1.82, 2.24) is 4.90 Å². The molecule has 2 amide bonds. The Morgan fingerprint density at radius 3 is 2.81 bits per heavy atom. The van der Waals surface area contributed by atoms with E-state index < -0.39 is 13.0 Å². The maximum Gasteiger partial charge on any atom is 0.455 e. The van der Waals surface area contributed by atoms with Crippen LogP contribution < -0.4 is 0 Å². The second-order valence-electron chi connectivity index (χ2n) is 10.2. The minimum Gasteiger partial charge on any atom is -0.507 e. The number of rotatable bonds is 7. The van der Waals surface area contributed by atoms with Gasteiger partial charge in [-0.3, -0.25) is 14.5 Å². The van der Waals surface area contributed by atoms with Crippen molar-refractivity contribution in [3.05, 3.63) is 67.3 Å². The number of halogens is 1. The van der Waals surface area contributed by atoms with Gasteiger partial charge in [0.15, 0.2) is 0 Å². The van der Waals surface area contributed by atoms with Crippen molar-refractivity contribution in [3.63, 3.8) is 0 Å². The number of fused-ring (bicyclic) bond motifs is 3. The van der Waals surface area contributed by atoms with E-state index in [0.29, 0.717) is 25.7 Å². The first-order valence-corrected chi connectivity index (χ1v) is 14.5. The molecule has 1 aromatic heterocycles. The third-order valence-corrected chi connectivity index (χ3v) is 9.32.